The van der Waals surface area contributed by atoms with Gasteiger partial charge in [0.2, 0.25) is 0 Å². The van der Waals surface area contributed by atoms with Crippen LogP contribution in [0.3, 0.4) is 0 Å². The average molecular weight is 200 g/mol. The molecular formula is C9H12O5. The quantitative estimate of drug-likeness (QED) is 0.680. The van der Waals surface area contributed by atoms with E-state index in [9.17, 15) is 15.0 Å². The molecule has 5 nitrogen and oxygen atoms in total. The standard InChI is InChI=1S/C9H12O5/c1-13-8(11)4-7(10)9(12)6-2-3-14-5-6/h2-3,5,7,9-10,12H,4H2,1H3. The van der Waals surface area contributed by atoms with E-state index in [4.69, 9.17) is 4.42 Å². The summed E-state index contributed by atoms with van der Waals surface area (Å²) in [4.78, 5) is 10.8. The molecule has 2 atom stereocenters. The van der Waals surface area contributed by atoms with Crippen LogP contribution in [0.25, 0.3) is 0 Å². The first-order valence-corrected chi connectivity index (χ1v) is 4.10. The van der Waals surface area contributed by atoms with Crippen LogP contribution in [0.4, 0.5) is 0 Å². The van der Waals surface area contributed by atoms with Crippen molar-refractivity contribution in [3.8, 4) is 0 Å². The summed E-state index contributed by atoms with van der Waals surface area (Å²) in [6.45, 7) is 0. The van der Waals surface area contributed by atoms with Gasteiger partial charge in [-0.25, -0.2) is 0 Å². The first-order chi connectivity index (χ1) is 6.65. The van der Waals surface area contributed by atoms with Gasteiger partial charge < -0.3 is 19.4 Å². The Hall–Kier alpha value is -1.33. The lowest BCUT2D eigenvalue weighted by Crippen LogP contribution is -2.22. The number of carbonyl (C=O) groups excluding carboxylic acids is 1. The molecule has 0 radical (unpaired) electrons. The van der Waals surface area contributed by atoms with Gasteiger partial charge >= 0.3 is 5.97 Å². The lowest BCUT2D eigenvalue weighted by Gasteiger charge is -2.14. The number of hydrogen-bond acceptors (Lipinski definition) is 5. The van der Waals surface area contributed by atoms with Crippen molar-refractivity contribution in [3.05, 3.63) is 24.2 Å². The molecule has 0 aliphatic rings. The second-order valence-electron chi connectivity index (χ2n) is 2.85. The number of esters is 1. The minimum absolute atomic E-state index is 0.247. The minimum atomic E-state index is -1.18. The molecule has 1 aromatic rings. The average Bonchev–Trinajstić information content (AvgIpc) is 2.69. The van der Waals surface area contributed by atoms with Crippen molar-refractivity contribution >= 4 is 5.97 Å². The second kappa shape index (κ2) is 4.78. The molecule has 14 heavy (non-hydrogen) atoms. The van der Waals surface area contributed by atoms with Gasteiger partial charge in [-0.05, 0) is 6.07 Å². The van der Waals surface area contributed by atoms with Gasteiger partial charge in [0.1, 0.15) is 6.10 Å². The van der Waals surface area contributed by atoms with E-state index >= 15 is 0 Å². The Morgan fingerprint density at radius 1 is 1.64 bits per heavy atom. The monoisotopic (exact) mass is 200 g/mol. The highest BCUT2D eigenvalue weighted by Gasteiger charge is 2.22. The third-order valence-corrected chi connectivity index (χ3v) is 1.85. The summed E-state index contributed by atoms with van der Waals surface area (Å²) in [5.74, 6) is -0.569. The van der Waals surface area contributed by atoms with Crippen molar-refractivity contribution in [2.24, 2.45) is 0 Å². The second-order valence-corrected chi connectivity index (χ2v) is 2.85. The summed E-state index contributed by atoms with van der Waals surface area (Å²) in [7, 11) is 1.22. The van der Waals surface area contributed by atoms with E-state index < -0.39 is 18.2 Å². The highest BCUT2D eigenvalue weighted by Crippen LogP contribution is 2.19. The predicted molar refractivity (Wildman–Crippen MR) is 46.3 cm³/mol. The molecule has 0 aromatic carbocycles. The number of hydrogen-bond donors (Lipinski definition) is 2. The summed E-state index contributed by atoms with van der Waals surface area (Å²) in [5, 5.41) is 18.9. The Balaban J connectivity index is 2.53. The van der Waals surface area contributed by atoms with Crippen LogP contribution in [0, 0.1) is 0 Å². The molecule has 1 aromatic heterocycles. The molecule has 0 aliphatic heterocycles. The van der Waals surface area contributed by atoms with Gasteiger partial charge in [-0.3, -0.25) is 4.79 Å². The molecule has 0 saturated heterocycles. The Labute approximate surface area is 80.9 Å². The van der Waals surface area contributed by atoms with Crippen molar-refractivity contribution in [2.75, 3.05) is 7.11 Å². The Morgan fingerprint density at radius 2 is 2.36 bits per heavy atom. The topological polar surface area (TPSA) is 79.9 Å². The minimum Gasteiger partial charge on any atom is -0.472 e. The molecule has 0 saturated carbocycles. The Kier molecular flexibility index (Phi) is 3.67. The van der Waals surface area contributed by atoms with E-state index in [1.54, 1.807) is 0 Å². The molecule has 0 bridgehead atoms. The van der Waals surface area contributed by atoms with E-state index in [2.05, 4.69) is 4.74 Å². The largest absolute Gasteiger partial charge is 0.472 e. The normalized spacial score (nSPS) is 14.8. The van der Waals surface area contributed by atoms with Crippen LogP contribution in [-0.2, 0) is 9.53 Å². The SMILES string of the molecule is COC(=O)CC(O)C(O)c1ccoc1. The fraction of sp³-hybridized carbons (Fsp3) is 0.444. The van der Waals surface area contributed by atoms with Crippen LogP contribution in [0.5, 0.6) is 0 Å². The molecule has 0 fully saturated rings. The number of ether oxygens (including phenoxy) is 1. The van der Waals surface area contributed by atoms with E-state index in [1.165, 1.54) is 25.7 Å². The maximum Gasteiger partial charge on any atom is 0.308 e. The Bertz CT molecular complexity index is 279. The number of carbonyl (C=O) groups is 1. The third-order valence-electron chi connectivity index (χ3n) is 1.85. The van der Waals surface area contributed by atoms with Gasteiger partial charge in [0, 0.05) is 5.56 Å². The maximum absolute atomic E-state index is 10.8. The van der Waals surface area contributed by atoms with Crippen molar-refractivity contribution < 1.29 is 24.2 Å². The number of aliphatic hydroxyl groups is 2. The fourth-order valence-corrected chi connectivity index (χ4v) is 1.03. The van der Waals surface area contributed by atoms with E-state index in [-0.39, 0.29) is 6.42 Å². The van der Waals surface area contributed by atoms with Gasteiger partial charge in [0.15, 0.2) is 0 Å². The van der Waals surface area contributed by atoms with Gasteiger partial charge in [-0.15, -0.1) is 0 Å². The smallest absolute Gasteiger partial charge is 0.308 e. The van der Waals surface area contributed by atoms with Gasteiger partial charge in [0.25, 0.3) is 0 Å². The van der Waals surface area contributed by atoms with Crippen LogP contribution in [0.1, 0.15) is 18.1 Å². The Morgan fingerprint density at radius 3 is 2.86 bits per heavy atom. The van der Waals surface area contributed by atoms with Crippen LogP contribution in [-0.4, -0.2) is 29.4 Å². The lowest BCUT2D eigenvalue weighted by molar-refractivity contribution is -0.144. The fourth-order valence-electron chi connectivity index (χ4n) is 1.03. The van der Waals surface area contributed by atoms with Crippen LogP contribution in [0.2, 0.25) is 0 Å². The van der Waals surface area contributed by atoms with Crippen LogP contribution < -0.4 is 0 Å². The van der Waals surface area contributed by atoms with Crippen molar-refractivity contribution in [1.29, 1.82) is 0 Å². The summed E-state index contributed by atoms with van der Waals surface area (Å²) in [6.07, 6.45) is 0.130. The first kappa shape index (κ1) is 10.7. The van der Waals surface area contributed by atoms with E-state index in [0.29, 0.717) is 5.56 Å². The molecule has 0 aliphatic carbocycles. The molecule has 0 amide bonds. The maximum atomic E-state index is 10.8. The molecule has 0 spiro atoms. The molecule has 1 heterocycles. The molecule has 5 heteroatoms. The van der Waals surface area contributed by atoms with E-state index in [0.717, 1.165) is 0 Å². The zero-order chi connectivity index (χ0) is 10.6. The van der Waals surface area contributed by atoms with Gasteiger partial charge in [-0.1, -0.05) is 0 Å². The number of rotatable bonds is 4. The van der Waals surface area contributed by atoms with Crippen LogP contribution in [0.15, 0.2) is 23.0 Å². The first-order valence-electron chi connectivity index (χ1n) is 4.10. The third kappa shape index (κ3) is 2.58. The van der Waals surface area contributed by atoms with Crippen molar-refractivity contribution in [2.45, 2.75) is 18.6 Å². The highest BCUT2D eigenvalue weighted by molar-refractivity contribution is 5.69. The summed E-state index contributed by atoms with van der Waals surface area (Å²) >= 11 is 0. The summed E-state index contributed by atoms with van der Waals surface area (Å²) in [5.41, 5.74) is 0.432. The molecule has 1 rings (SSSR count). The van der Waals surface area contributed by atoms with Crippen molar-refractivity contribution in [1.82, 2.24) is 0 Å². The summed E-state index contributed by atoms with van der Waals surface area (Å²) in [6, 6.07) is 1.52. The predicted octanol–water partition coefficient (Wildman–Crippen LogP) is 0.237. The van der Waals surface area contributed by atoms with E-state index in [1.807, 2.05) is 0 Å². The zero-order valence-electron chi connectivity index (χ0n) is 7.71. The number of furan rings is 1. The molecule has 78 valence electrons. The molecular weight excluding hydrogens is 188 g/mol. The number of methoxy groups -OCH3 is 1. The zero-order valence-corrected chi connectivity index (χ0v) is 7.71. The highest BCUT2D eigenvalue weighted by atomic mass is 16.5. The molecule has 2 unspecified atom stereocenters. The van der Waals surface area contributed by atoms with Gasteiger partial charge in [-0.2, -0.15) is 0 Å². The summed E-state index contributed by atoms with van der Waals surface area (Å²) < 4.78 is 9.08. The van der Waals surface area contributed by atoms with Crippen LogP contribution >= 0.6 is 0 Å². The van der Waals surface area contributed by atoms with Gasteiger partial charge in [0.05, 0.1) is 32.2 Å². The number of aliphatic hydroxyl groups excluding tert-OH is 2. The molecule has 2 N–H and O–H groups in total. The van der Waals surface area contributed by atoms with Crippen molar-refractivity contribution in [3.63, 3.8) is 0 Å². The lowest BCUT2D eigenvalue weighted by atomic mass is 10.1.